The fourth-order valence-electron chi connectivity index (χ4n) is 3.93. The van der Waals surface area contributed by atoms with Crippen LogP contribution in [0.1, 0.15) is 0 Å². The molecular weight excluding hydrogens is 368 g/mol. The molecule has 0 fully saturated rings. The predicted molar refractivity (Wildman–Crippen MR) is 115 cm³/mol. The Morgan fingerprint density at radius 1 is 0.643 bits per heavy atom. The molecule has 0 saturated carbocycles. The summed E-state index contributed by atoms with van der Waals surface area (Å²) in [6.45, 7) is 0. The van der Waals surface area contributed by atoms with E-state index in [2.05, 4.69) is 46.4 Å². The smallest absolute Gasteiger partial charge is 0.223 e. The first-order valence-electron chi connectivity index (χ1n) is 9.05. The summed E-state index contributed by atoms with van der Waals surface area (Å²) in [5.74, 6) is 0. The quantitative estimate of drug-likeness (QED) is 0.227. The zero-order chi connectivity index (χ0) is 18.7. The van der Waals surface area contributed by atoms with Crippen LogP contribution in [0.5, 0.6) is 0 Å². The fraction of sp³-hybridized carbons (Fsp3) is 0. The zero-order valence-corrected chi connectivity index (χ0v) is 15.4. The number of para-hydroxylation sites is 1. The lowest BCUT2D eigenvalue weighted by Crippen LogP contribution is -1.92. The molecule has 0 aliphatic carbocycles. The molecular formula is C24H13ClN2O. The first kappa shape index (κ1) is 15.6. The van der Waals surface area contributed by atoms with Gasteiger partial charge >= 0.3 is 0 Å². The van der Waals surface area contributed by atoms with Gasteiger partial charge in [0.2, 0.25) is 5.28 Å². The molecule has 0 atom stereocenters. The van der Waals surface area contributed by atoms with Crippen molar-refractivity contribution in [2.75, 3.05) is 0 Å². The van der Waals surface area contributed by atoms with Crippen molar-refractivity contribution in [3.05, 3.63) is 84.1 Å². The molecule has 0 aliphatic heterocycles. The molecule has 132 valence electrons. The summed E-state index contributed by atoms with van der Waals surface area (Å²) in [6, 6.07) is 26.6. The summed E-state index contributed by atoms with van der Waals surface area (Å²) >= 11 is 6.33. The normalized spacial score (nSPS) is 11.8. The highest BCUT2D eigenvalue weighted by atomic mass is 35.5. The van der Waals surface area contributed by atoms with Gasteiger partial charge in [-0.25, -0.2) is 9.97 Å². The van der Waals surface area contributed by atoms with Crippen LogP contribution in [0.3, 0.4) is 0 Å². The van der Waals surface area contributed by atoms with E-state index < -0.39 is 0 Å². The third-order valence-corrected chi connectivity index (χ3v) is 5.38. The third kappa shape index (κ3) is 2.23. The van der Waals surface area contributed by atoms with Gasteiger partial charge in [-0.2, -0.15) is 0 Å². The number of nitrogens with zero attached hydrogens (tertiary/aromatic N) is 2. The monoisotopic (exact) mass is 380 g/mol. The molecule has 4 aromatic carbocycles. The number of benzene rings is 4. The Bertz CT molecular complexity index is 1530. The Balaban J connectivity index is 1.70. The SMILES string of the molecule is Clc1nc(-c2ccc3oc4ccccc4c3c2)c2ccc3ccccc3c2n1. The minimum Gasteiger partial charge on any atom is -0.456 e. The highest BCUT2D eigenvalue weighted by molar-refractivity contribution is 6.29. The highest BCUT2D eigenvalue weighted by Crippen LogP contribution is 2.35. The number of hydrogen-bond donors (Lipinski definition) is 0. The second-order valence-electron chi connectivity index (χ2n) is 6.83. The van der Waals surface area contributed by atoms with Gasteiger partial charge in [0.1, 0.15) is 11.2 Å². The molecule has 0 unspecified atom stereocenters. The lowest BCUT2D eigenvalue weighted by atomic mass is 10.0. The van der Waals surface area contributed by atoms with E-state index in [0.717, 1.165) is 54.9 Å². The second kappa shape index (κ2) is 5.78. The standard InChI is InChI=1S/C24H13ClN2O/c25-24-26-22(18-11-9-14-5-1-2-6-16(14)23(18)27-24)15-10-12-21-19(13-15)17-7-3-4-8-20(17)28-21/h1-13H. The Labute approximate surface area is 165 Å². The molecule has 4 heteroatoms. The molecule has 0 amide bonds. The van der Waals surface area contributed by atoms with Crippen LogP contribution in [0.2, 0.25) is 5.28 Å². The van der Waals surface area contributed by atoms with Gasteiger partial charge in [0, 0.05) is 27.1 Å². The molecule has 0 N–H and O–H groups in total. The number of hydrogen-bond acceptors (Lipinski definition) is 3. The first-order chi connectivity index (χ1) is 13.8. The molecule has 28 heavy (non-hydrogen) atoms. The van der Waals surface area contributed by atoms with E-state index in [1.165, 1.54) is 0 Å². The van der Waals surface area contributed by atoms with Crippen LogP contribution in [0.4, 0.5) is 0 Å². The summed E-state index contributed by atoms with van der Waals surface area (Å²) in [5.41, 5.74) is 4.42. The molecule has 6 aromatic rings. The summed E-state index contributed by atoms with van der Waals surface area (Å²) in [7, 11) is 0. The first-order valence-corrected chi connectivity index (χ1v) is 9.42. The fourth-order valence-corrected chi connectivity index (χ4v) is 4.10. The Morgan fingerprint density at radius 2 is 1.43 bits per heavy atom. The lowest BCUT2D eigenvalue weighted by Gasteiger charge is -2.09. The van der Waals surface area contributed by atoms with Crippen LogP contribution in [0, 0.1) is 0 Å². The van der Waals surface area contributed by atoms with Gasteiger partial charge in [0.15, 0.2) is 0 Å². The van der Waals surface area contributed by atoms with Crippen LogP contribution in [-0.4, -0.2) is 9.97 Å². The minimum atomic E-state index is 0.246. The predicted octanol–water partition coefficient (Wildman–Crippen LogP) is 7.00. The van der Waals surface area contributed by atoms with Crippen molar-refractivity contribution >= 4 is 55.2 Å². The van der Waals surface area contributed by atoms with Gasteiger partial charge in [0.25, 0.3) is 0 Å². The van der Waals surface area contributed by atoms with Gasteiger partial charge in [-0.1, -0.05) is 48.5 Å². The van der Waals surface area contributed by atoms with E-state index in [4.69, 9.17) is 16.0 Å². The average Bonchev–Trinajstić information content (AvgIpc) is 3.11. The number of rotatable bonds is 1. The maximum absolute atomic E-state index is 6.33. The zero-order valence-electron chi connectivity index (χ0n) is 14.7. The molecule has 0 bridgehead atoms. The summed E-state index contributed by atoms with van der Waals surface area (Å²) in [4.78, 5) is 9.10. The lowest BCUT2D eigenvalue weighted by molar-refractivity contribution is 0.669. The van der Waals surface area contributed by atoms with Crippen LogP contribution in [0.25, 0.3) is 54.9 Å². The topological polar surface area (TPSA) is 38.9 Å². The van der Waals surface area contributed by atoms with Crippen molar-refractivity contribution in [3.8, 4) is 11.3 Å². The van der Waals surface area contributed by atoms with Gasteiger partial charge in [-0.15, -0.1) is 0 Å². The summed E-state index contributed by atoms with van der Waals surface area (Å²) < 4.78 is 5.95. The Kier molecular flexibility index (Phi) is 3.22. The van der Waals surface area contributed by atoms with Crippen molar-refractivity contribution in [2.24, 2.45) is 0 Å². The molecule has 0 saturated heterocycles. The van der Waals surface area contributed by atoms with Crippen molar-refractivity contribution in [3.63, 3.8) is 0 Å². The van der Waals surface area contributed by atoms with Crippen LogP contribution in [0.15, 0.2) is 83.3 Å². The maximum Gasteiger partial charge on any atom is 0.223 e. The number of aromatic nitrogens is 2. The summed E-state index contributed by atoms with van der Waals surface area (Å²) in [6.07, 6.45) is 0. The van der Waals surface area contributed by atoms with E-state index in [1.807, 2.05) is 42.5 Å². The highest BCUT2D eigenvalue weighted by Gasteiger charge is 2.14. The van der Waals surface area contributed by atoms with Gasteiger partial charge in [-0.3, -0.25) is 0 Å². The van der Waals surface area contributed by atoms with Crippen LogP contribution in [-0.2, 0) is 0 Å². The van der Waals surface area contributed by atoms with Gasteiger partial charge in [0.05, 0.1) is 11.2 Å². The van der Waals surface area contributed by atoms with E-state index in [0.29, 0.717) is 0 Å². The third-order valence-electron chi connectivity index (χ3n) is 5.21. The van der Waals surface area contributed by atoms with Crippen molar-refractivity contribution in [1.29, 1.82) is 0 Å². The second-order valence-corrected chi connectivity index (χ2v) is 7.17. The average molecular weight is 381 g/mol. The molecule has 6 rings (SSSR count). The molecule has 0 spiro atoms. The van der Waals surface area contributed by atoms with Gasteiger partial charge < -0.3 is 4.42 Å². The molecule has 2 aromatic heterocycles. The molecule has 3 nitrogen and oxygen atoms in total. The number of furan rings is 1. The number of fused-ring (bicyclic) bond motifs is 6. The number of halogens is 1. The van der Waals surface area contributed by atoms with Crippen molar-refractivity contribution in [1.82, 2.24) is 9.97 Å². The van der Waals surface area contributed by atoms with Gasteiger partial charge in [-0.05, 0) is 47.3 Å². The molecule has 0 aliphatic rings. The molecule has 0 radical (unpaired) electrons. The van der Waals surface area contributed by atoms with Crippen LogP contribution >= 0.6 is 11.6 Å². The van der Waals surface area contributed by atoms with Crippen molar-refractivity contribution < 1.29 is 4.42 Å². The van der Waals surface area contributed by atoms with E-state index in [1.54, 1.807) is 0 Å². The van der Waals surface area contributed by atoms with E-state index in [9.17, 15) is 0 Å². The summed E-state index contributed by atoms with van der Waals surface area (Å²) in [5, 5.41) is 5.59. The largest absolute Gasteiger partial charge is 0.456 e. The Hall–Kier alpha value is -3.43. The minimum absolute atomic E-state index is 0.246. The maximum atomic E-state index is 6.33. The van der Waals surface area contributed by atoms with E-state index >= 15 is 0 Å². The van der Waals surface area contributed by atoms with Crippen LogP contribution < -0.4 is 0 Å². The Morgan fingerprint density at radius 3 is 2.36 bits per heavy atom. The van der Waals surface area contributed by atoms with E-state index in [-0.39, 0.29) is 5.28 Å². The van der Waals surface area contributed by atoms with Crippen molar-refractivity contribution in [2.45, 2.75) is 0 Å². The molecule has 2 heterocycles.